The number of hydrogen-bond acceptors (Lipinski definition) is 8. The lowest BCUT2D eigenvalue weighted by molar-refractivity contribution is -0.147. The summed E-state index contributed by atoms with van der Waals surface area (Å²) in [7, 11) is 2.35. The number of Topliss-reactive ketones (excluding diaryl/α,β-unsaturated/α-hetero) is 1. The summed E-state index contributed by atoms with van der Waals surface area (Å²) in [5, 5.41) is 2.43. The summed E-state index contributed by atoms with van der Waals surface area (Å²) in [4.78, 5) is 59.5. The summed E-state index contributed by atoms with van der Waals surface area (Å²) in [6, 6.07) is 12.4. The third-order valence-corrected chi connectivity index (χ3v) is 4.08. The molecule has 0 atom stereocenters. The fourth-order valence-electron chi connectivity index (χ4n) is 2.57. The van der Waals surface area contributed by atoms with Crippen molar-refractivity contribution in [1.29, 1.82) is 0 Å². The Balaban J connectivity index is 1.91. The zero-order valence-corrected chi connectivity index (χ0v) is 17.0. The minimum atomic E-state index is -0.712. The first kappa shape index (κ1) is 23.3. The van der Waals surface area contributed by atoms with E-state index < -0.39 is 30.4 Å². The number of hydrogen-bond donors (Lipinski definition) is 1. The van der Waals surface area contributed by atoms with Crippen LogP contribution >= 0.6 is 0 Å². The molecule has 9 heteroatoms. The van der Waals surface area contributed by atoms with Gasteiger partial charge in [-0.25, -0.2) is 9.59 Å². The van der Waals surface area contributed by atoms with Crippen molar-refractivity contribution in [3.63, 3.8) is 0 Å². The van der Waals surface area contributed by atoms with Gasteiger partial charge in [-0.2, -0.15) is 0 Å². The highest BCUT2D eigenvalue weighted by atomic mass is 16.5. The molecule has 0 fully saturated rings. The first-order valence-electron chi connectivity index (χ1n) is 9.19. The number of ether oxygens (including phenoxy) is 3. The zero-order chi connectivity index (χ0) is 22.8. The Hall–Kier alpha value is -4.01. The van der Waals surface area contributed by atoms with Crippen LogP contribution in [0.25, 0.3) is 0 Å². The monoisotopic (exact) mass is 427 g/mol. The molecule has 0 saturated carbocycles. The molecule has 0 aliphatic rings. The third kappa shape index (κ3) is 7.07. The fourth-order valence-corrected chi connectivity index (χ4v) is 2.57. The number of ketones is 1. The topological polar surface area (TPSA) is 125 Å². The lowest BCUT2D eigenvalue weighted by atomic mass is 10.1. The largest absolute Gasteiger partial charge is 0.465 e. The summed E-state index contributed by atoms with van der Waals surface area (Å²) < 4.78 is 14.1. The van der Waals surface area contributed by atoms with Crippen LogP contribution in [-0.2, 0) is 23.8 Å². The number of carbonyl (C=O) groups is 5. The van der Waals surface area contributed by atoms with E-state index in [0.717, 1.165) is 0 Å². The van der Waals surface area contributed by atoms with Crippen molar-refractivity contribution in [1.82, 2.24) is 0 Å². The number of carbonyl (C=O) groups excluding carboxylic acids is 5. The summed E-state index contributed by atoms with van der Waals surface area (Å²) in [5.74, 6) is -3.04. The van der Waals surface area contributed by atoms with E-state index in [2.05, 4.69) is 14.8 Å². The van der Waals surface area contributed by atoms with Crippen LogP contribution in [0.2, 0.25) is 0 Å². The van der Waals surface area contributed by atoms with E-state index in [1.54, 1.807) is 30.3 Å². The van der Waals surface area contributed by atoms with Gasteiger partial charge >= 0.3 is 17.9 Å². The van der Waals surface area contributed by atoms with Gasteiger partial charge < -0.3 is 19.5 Å². The van der Waals surface area contributed by atoms with Crippen molar-refractivity contribution >= 4 is 35.3 Å². The highest BCUT2D eigenvalue weighted by Gasteiger charge is 2.16. The second-order valence-electron chi connectivity index (χ2n) is 6.28. The molecule has 2 aromatic rings. The molecule has 0 aliphatic heterocycles. The molecule has 9 nitrogen and oxygen atoms in total. The molecule has 2 aromatic carbocycles. The normalized spacial score (nSPS) is 10.0. The van der Waals surface area contributed by atoms with Gasteiger partial charge in [0.1, 0.15) is 0 Å². The standard InChI is InChI=1S/C22H21NO8/c1-29-21(27)15-10-16(22(28)30-2)12-17(11-15)23-19(25)13-31-20(26)9-8-18(24)14-6-4-3-5-7-14/h3-7,10-12H,8-9,13H2,1-2H3,(H,23,25). The van der Waals surface area contributed by atoms with E-state index in [1.165, 1.54) is 32.4 Å². The number of benzene rings is 2. The van der Waals surface area contributed by atoms with Crippen LogP contribution in [0.15, 0.2) is 48.5 Å². The van der Waals surface area contributed by atoms with Gasteiger partial charge in [-0.1, -0.05) is 30.3 Å². The first-order chi connectivity index (χ1) is 14.8. The van der Waals surface area contributed by atoms with E-state index in [9.17, 15) is 24.0 Å². The Morgan fingerprint density at radius 2 is 1.35 bits per heavy atom. The maximum absolute atomic E-state index is 12.1. The van der Waals surface area contributed by atoms with Gasteiger partial charge in [0.25, 0.3) is 5.91 Å². The van der Waals surface area contributed by atoms with Crippen LogP contribution in [-0.4, -0.2) is 50.4 Å². The van der Waals surface area contributed by atoms with E-state index in [0.29, 0.717) is 5.56 Å². The Kier molecular flexibility index (Phi) is 8.44. The predicted molar refractivity (Wildman–Crippen MR) is 109 cm³/mol. The Morgan fingerprint density at radius 3 is 1.90 bits per heavy atom. The maximum Gasteiger partial charge on any atom is 0.337 e. The number of nitrogens with one attached hydrogen (secondary N) is 1. The highest BCUT2D eigenvalue weighted by Crippen LogP contribution is 2.17. The smallest absolute Gasteiger partial charge is 0.337 e. The van der Waals surface area contributed by atoms with Crippen LogP contribution in [0, 0.1) is 0 Å². The average molecular weight is 427 g/mol. The summed E-state index contributed by atoms with van der Waals surface area (Å²) >= 11 is 0. The molecule has 0 radical (unpaired) electrons. The summed E-state index contributed by atoms with van der Waals surface area (Å²) in [6.45, 7) is -0.603. The van der Waals surface area contributed by atoms with E-state index in [4.69, 9.17) is 4.74 Å². The molecule has 2 rings (SSSR count). The zero-order valence-electron chi connectivity index (χ0n) is 17.0. The lowest BCUT2D eigenvalue weighted by Gasteiger charge is -2.10. The number of anilines is 1. The molecular weight excluding hydrogens is 406 g/mol. The van der Waals surface area contributed by atoms with Crippen molar-refractivity contribution < 1.29 is 38.2 Å². The maximum atomic E-state index is 12.1. The van der Waals surface area contributed by atoms with E-state index >= 15 is 0 Å². The third-order valence-electron chi connectivity index (χ3n) is 4.08. The number of amides is 1. The highest BCUT2D eigenvalue weighted by molar-refractivity contribution is 6.00. The Bertz CT molecular complexity index is 950. The minimum Gasteiger partial charge on any atom is -0.465 e. The van der Waals surface area contributed by atoms with Crippen LogP contribution < -0.4 is 5.32 Å². The molecule has 0 aliphatic carbocycles. The van der Waals surface area contributed by atoms with Crippen LogP contribution in [0.4, 0.5) is 5.69 Å². The molecule has 0 bridgehead atoms. The molecule has 0 aromatic heterocycles. The minimum absolute atomic E-state index is 0.0251. The van der Waals surface area contributed by atoms with E-state index in [1.807, 2.05) is 0 Å². The van der Waals surface area contributed by atoms with Crippen molar-refractivity contribution in [3.05, 3.63) is 65.2 Å². The molecule has 1 N–H and O–H groups in total. The predicted octanol–water partition coefficient (Wildman–Crippen LogP) is 2.40. The molecule has 162 valence electrons. The van der Waals surface area contributed by atoms with E-state index in [-0.39, 0.29) is 35.4 Å². The molecule has 0 heterocycles. The molecule has 0 spiro atoms. The number of rotatable bonds is 9. The molecule has 1 amide bonds. The van der Waals surface area contributed by atoms with Crippen molar-refractivity contribution in [2.45, 2.75) is 12.8 Å². The average Bonchev–Trinajstić information content (AvgIpc) is 2.80. The van der Waals surface area contributed by atoms with Crippen LogP contribution in [0.5, 0.6) is 0 Å². The van der Waals surface area contributed by atoms with Crippen LogP contribution in [0.3, 0.4) is 0 Å². The second-order valence-corrected chi connectivity index (χ2v) is 6.28. The fraction of sp³-hybridized carbons (Fsp3) is 0.227. The van der Waals surface area contributed by atoms with Crippen molar-refractivity contribution in [3.8, 4) is 0 Å². The lowest BCUT2D eigenvalue weighted by Crippen LogP contribution is -2.21. The van der Waals surface area contributed by atoms with Gasteiger partial charge in [-0.05, 0) is 18.2 Å². The van der Waals surface area contributed by atoms with Crippen molar-refractivity contribution in [2.24, 2.45) is 0 Å². The number of esters is 3. The second kappa shape index (κ2) is 11.2. The van der Waals surface area contributed by atoms with Gasteiger partial charge in [0.15, 0.2) is 12.4 Å². The Morgan fingerprint density at radius 1 is 0.774 bits per heavy atom. The summed E-state index contributed by atoms with van der Waals surface area (Å²) in [6.07, 6.45) is -0.223. The molecule has 31 heavy (non-hydrogen) atoms. The SMILES string of the molecule is COC(=O)c1cc(NC(=O)COC(=O)CCC(=O)c2ccccc2)cc(C(=O)OC)c1. The van der Waals surface area contributed by atoms with Gasteiger partial charge in [-0.3, -0.25) is 14.4 Å². The molecule has 0 saturated heterocycles. The summed E-state index contributed by atoms with van der Waals surface area (Å²) in [5.41, 5.74) is 0.651. The van der Waals surface area contributed by atoms with Gasteiger partial charge in [0.2, 0.25) is 0 Å². The quantitative estimate of drug-likeness (QED) is 0.367. The van der Waals surface area contributed by atoms with Crippen LogP contribution in [0.1, 0.15) is 43.9 Å². The first-order valence-corrected chi connectivity index (χ1v) is 9.19. The molecular formula is C22H21NO8. The number of methoxy groups -OCH3 is 2. The Labute approximate surface area is 178 Å². The van der Waals surface area contributed by atoms with Crippen molar-refractivity contribution in [2.75, 3.05) is 26.1 Å². The molecule has 0 unspecified atom stereocenters. The van der Waals surface area contributed by atoms with Gasteiger partial charge in [0, 0.05) is 17.7 Å². The van der Waals surface area contributed by atoms with Gasteiger partial charge in [-0.15, -0.1) is 0 Å². The van der Waals surface area contributed by atoms with Gasteiger partial charge in [0.05, 0.1) is 31.8 Å².